The molecule has 2 aromatic rings. The van der Waals surface area contributed by atoms with Crippen molar-refractivity contribution in [3.8, 4) is 11.1 Å². The van der Waals surface area contributed by atoms with E-state index >= 15 is 0 Å². The number of carbonyl (C=O) groups is 1. The molecule has 2 aromatic carbocycles. The first-order chi connectivity index (χ1) is 13.8. The third-order valence-electron chi connectivity index (χ3n) is 5.64. The van der Waals surface area contributed by atoms with E-state index in [9.17, 15) is 9.90 Å². The average Bonchev–Trinajstić information content (AvgIpc) is 2.63. The Hall–Kier alpha value is -2.11. The molecule has 0 fully saturated rings. The molecule has 0 saturated carbocycles. The lowest BCUT2D eigenvalue weighted by atomic mass is 9.96. The first kappa shape index (κ1) is 24.2. The number of nitrogens with zero attached hydrogens (tertiary/aromatic N) is 1. The molecule has 2 rings (SSSR count). The lowest BCUT2D eigenvalue weighted by Crippen LogP contribution is -2.44. The van der Waals surface area contributed by atoms with Crippen LogP contribution in [0.1, 0.15) is 58.2 Å². The molecule has 0 aromatic heterocycles. The monoisotopic (exact) mass is 427 g/mol. The highest BCUT2D eigenvalue weighted by atomic mass is 28.3. The highest BCUT2D eigenvalue weighted by Crippen LogP contribution is 2.30. The van der Waals surface area contributed by atoms with Gasteiger partial charge in [0.25, 0.3) is 0 Å². The lowest BCUT2D eigenvalue weighted by Gasteiger charge is -2.33. The molecule has 164 valence electrons. The van der Waals surface area contributed by atoms with E-state index in [1.165, 1.54) is 16.0 Å². The van der Waals surface area contributed by atoms with E-state index in [0.29, 0.717) is 13.2 Å². The molecule has 1 amide bonds. The van der Waals surface area contributed by atoms with Crippen LogP contribution >= 0.6 is 0 Å². The fourth-order valence-electron chi connectivity index (χ4n) is 3.15. The third kappa shape index (κ3) is 6.44. The molecule has 0 radical (unpaired) electrons. The van der Waals surface area contributed by atoms with E-state index in [-0.39, 0.29) is 5.04 Å². The molecule has 1 unspecified atom stereocenters. The number of amides is 1. The zero-order valence-electron chi connectivity index (χ0n) is 19.7. The molecule has 0 saturated heterocycles. The number of hydrogen-bond donors (Lipinski definition) is 1. The summed E-state index contributed by atoms with van der Waals surface area (Å²) in [6, 6.07) is 14.7. The molecule has 1 atom stereocenters. The van der Waals surface area contributed by atoms with Gasteiger partial charge in [-0.05, 0) is 79.2 Å². The Kier molecular flexibility index (Phi) is 7.53. The summed E-state index contributed by atoms with van der Waals surface area (Å²) in [6.07, 6.45) is -0.902. The Bertz CT molecular complexity index is 881. The molecule has 0 bridgehead atoms. The zero-order valence-corrected chi connectivity index (χ0v) is 20.9. The van der Waals surface area contributed by atoms with Gasteiger partial charge in [-0.1, -0.05) is 51.1 Å². The quantitative estimate of drug-likeness (QED) is 0.528. The summed E-state index contributed by atoms with van der Waals surface area (Å²) in [5.41, 5.74) is 5.15. The fourth-order valence-corrected chi connectivity index (χ4v) is 4.10. The van der Waals surface area contributed by atoms with Crippen LogP contribution in [-0.4, -0.2) is 30.7 Å². The number of aryl methyl sites for hydroxylation is 1. The van der Waals surface area contributed by atoms with Crippen molar-refractivity contribution in [2.75, 3.05) is 0 Å². The summed E-state index contributed by atoms with van der Waals surface area (Å²) in [5, 5.41) is 9.87. The van der Waals surface area contributed by atoms with Crippen molar-refractivity contribution < 1.29 is 14.3 Å². The summed E-state index contributed by atoms with van der Waals surface area (Å²) < 4.78 is 6.22. The van der Waals surface area contributed by atoms with E-state index in [1.807, 2.05) is 26.8 Å². The molecule has 30 heavy (non-hydrogen) atoms. The summed E-state index contributed by atoms with van der Waals surface area (Å²) in [7, 11) is -1.27. The second-order valence-corrected chi connectivity index (χ2v) is 13.6. The highest BCUT2D eigenvalue weighted by Gasteiger charge is 2.26. The Morgan fingerprint density at radius 3 is 2.27 bits per heavy atom. The Balaban J connectivity index is 2.27. The molecular formula is C25H37NO3Si. The van der Waals surface area contributed by atoms with Gasteiger partial charge in [-0.15, -0.1) is 0 Å². The third-order valence-corrected chi connectivity index (χ3v) is 8.75. The zero-order chi connectivity index (χ0) is 22.7. The number of rotatable bonds is 6. The molecule has 0 aliphatic carbocycles. The van der Waals surface area contributed by atoms with Crippen molar-refractivity contribution in [3.05, 3.63) is 59.2 Å². The van der Waals surface area contributed by atoms with Gasteiger partial charge in [-0.2, -0.15) is 0 Å². The SMILES string of the molecule is Cc1ccc(CN(C(=O)O)C(C)(C)C)cc1-c1cccc(CO[SiH](C)C(C)(C)C)c1. The van der Waals surface area contributed by atoms with Crippen LogP contribution in [0.4, 0.5) is 4.79 Å². The number of hydrogen-bond acceptors (Lipinski definition) is 2. The van der Waals surface area contributed by atoms with Crippen LogP contribution in [0.3, 0.4) is 0 Å². The lowest BCUT2D eigenvalue weighted by molar-refractivity contribution is 0.0955. The van der Waals surface area contributed by atoms with Crippen molar-refractivity contribution in [1.29, 1.82) is 0 Å². The summed E-state index contributed by atoms with van der Waals surface area (Å²) in [4.78, 5) is 13.2. The van der Waals surface area contributed by atoms with Gasteiger partial charge in [0.2, 0.25) is 0 Å². The predicted octanol–water partition coefficient (Wildman–Crippen LogP) is 6.61. The van der Waals surface area contributed by atoms with Gasteiger partial charge in [-0.25, -0.2) is 4.79 Å². The van der Waals surface area contributed by atoms with E-state index in [2.05, 4.69) is 70.6 Å². The number of benzene rings is 2. The largest absolute Gasteiger partial charge is 0.465 e. The Labute approximate surface area is 183 Å². The maximum Gasteiger partial charge on any atom is 0.408 e. The molecule has 0 aliphatic rings. The van der Waals surface area contributed by atoms with Crippen LogP contribution in [0.15, 0.2) is 42.5 Å². The molecule has 4 nitrogen and oxygen atoms in total. The first-order valence-electron chi connectivity index (χ1n) is 10.6. The van der Waals surface area contributed by atoms with Crippen molar-refractivity contribution in [3.63, 3.8) is 0 Å². The molecule has 1 N–H and O–H groups in total. The van der Waals surface area contributed by atoms with Gasteiger partial charge in [-0.3, -0.25) is 4.90 Å². The van der Waals surface area contributed by atoms with E-state index in [4.69, 9.17) is 4.43 Å². The molecule has 0 spiro atoms. The summed E-state index contributed by atoms with van der Waals surface area (Å²) in [6.45, 7) is 17.8. The van der Waals surface area contributed by atoms with Gasteiger partial charge in [0.15, 0.2) is 9.04 Å². The van der Waals surface area contributed by atoms with Gasteiger partial charge in [0, 0.05) is 12.1 Å². The second kappa shape index (κ2) is 9.35. The maximum atomic E-state index is 11.7. The van der Waals surface area contributed by atoms with Crippen molar-refractivity contribution >= 4 is 15.1 Å². The van der Waals surface area contributed by atoms with Crippen LogP contribution in [0.25, 0.3) is 11.1 Å². The number of carboxylic acid groups (broad SMARTS) is 1. The van der Waals surface area contributed by atoms with Gasteiger partial charge < -0.3 is 9.53 Å². The standard InChI is InChI=1S/C25H37NO3Si/c1-18-12-13-19(16-26(23(27)28)24(2,3)4)15-22(18)21-11-9-10-20(14-21)17-29-30(8)25(5,6)7/h9-15,30H,16-17H2,1-8H3,(H,27,28). The highest BCUT2D eigenvalue weighted by molar-refractivity contribution is 6.53. The van der Waals surface area contributed by atoms with Crippen molar-refractivity contribution in [2.24, 2.45) is 0 Å². The Morgan fingerprint density at radius 1 is 1.03 bits per heavy atom. The average molecular weight is 428 g/mol. The fraction of sp³-hybridized carbons (Fsp3) is 0.480. The molecule has 5 heteroatoms. The van der Waals surface area contributed by atoms with Gasteiger partial charge in [0.1, 0.15) is 0 Å². The van der Waals surface area contributed by atoms with Crippen molar-refractivity contribution in [2.45, 2.75) is 78.7 Å². The second-order valence-electron chi connectivity index (χ2n) is 10.2. The van der Waals surface area contributed by atoms with Crippen LogP contribution in [0.2, 0.25) is 11.6 Å². The van der Waals surface area contributed by atoms with Crippen LogP contribution in [-0.2, 0) is 17.6 Å². The van der Waals surface area contributed by atoms with E-state index in [1.54, 1.807) is 0 Å². The predicted molar refractivity (Wildman–Crippen MR) is 127 cm³/mol. The minimum Gasteiger partial charge on any atom is -0.465 e. The van der Waals surface area contributed by atoms with E-state index in [0.717, 1.165) is 16.7 Å². The summed E-state index contributed by atoms with van der Waals surface area (Å²) in [5.74, 6) is 0. The minimum atomic E-state index is -1.27. The summed E-state index contributed by atoms with van der Waals surface area (Å²) >= 11 is 0. The van der Waals surface area contributed by atoms with E-state index < -0.39 is 20.7 Å². The van der Waals surface area contributed by atoms with Crippen LogP contribution in [0, 0.1) is 6.92 Å². The Morgan fingerprint density at radius 2 is 1.70 bits per heavy atom. The molecule has 0 heterocycles. The van der Waals surface area contributed by atoms with Crippen molar-refractivity contribution in [1.82, 2.24) is 4.90 Å². The van der Waals surface area contributed by atoms with Crippen LogP contribution in [0.5, 0.6) is 0 Å². The van der Waals surface area contributed by atoms with Crippen LogP contribution < -0.4 is 0 Å². The minimum absolute atomic E-state index is 0.242. The van der Waals surface area contributed by atoms with Gasteiger partial charge in [0.05, 0.1) is 6.61 Å². The smallest absolute Gasteiger partial charge is 0.408 e. The topological polar surface area (TPSA) is 49.8 Å². The molecule has 0 aliphatic heterocycles. The first-order valence-corrected chi connectivity index (χ1v) is 12.8. The maximum absolute atomic E-state index is 11.7. The van der Waals surface area contributed by atoms with Gasteiger partial charge >= 0.3 is 6.09 Å². The normalized spacial score (nSPS) is 13.2. The molecular weight excluding hydrogens is 390 g/mol.